The molecule has 0 aliphatic carbocycles. The Morgan fingerprint density at radius 1 is 1.24 bits per heavy atom. The van der Waals surface area contributed by atoms with Crippen molar-refractivity contribution in [2.45, 2.75) is 65.8 Å². The lowest BCUT2D eigenvalue weighted by Gasteiger charge is -2.23. The fourth-order valence-electron chi connectivity index (χ4n) is 2.54. The van der Waals surface area contributed by atoms with Crippen LogP contribution in [0.5, 0.6) is 0 Å². The highest BCUT2D eigenvalue weighted by Crippen LogP contribution is 2.28. The second-order valence-electron chi connectivity index (χ2n) is 6.12. The molecule has 0 aliphatic heterocycles. The SMILES string of the molecule is CCCn1c(=O)c(C(C)C)c(C(C)(C)C)n1C. The Labute approximate surface area is 104 Å². The van der Waals surface area contributed by atoms with Crippen molar-refractivity contribution in [2.24, 2.45) is 7.05 Å². The van der Waals surface area contributed by atoms with Gasteiger partial charge in [-0.05, 0) is 12.3 Å². The summed E-state index contributed by atoms with van der Waals surface area (Å²) < 4.78 is 3.93. The zero-order chi connectivity index (χ0) is 13.4. The van der Waals surface area contributed by atoms with Crippen molar-refractivity contribution in [3.63, 3.8) is 0 Å². The van der Waals surface area contributed by atoms with Gasteiger partial charge in [0.25, 0.3) is 5.56 Å². The van der Waals surface area contributed by atoms with Crippen molar-refractivity contribution >= 4 is 0 Å². The summed E-state index contributed by atoms with van der Waals surface area (Å²) in [6, 6.07) is 0. The second-order valence-corrected chi connectivity index (χ2v) is 6.12. The van der Waals surface area contributed by atoms with E-state index in [9.17, 15) is 4.79 Å². The van der Waals surface area contributed by atoms with E-state index in [-0.39, 0.29) is 16.9 Å². The Morgan fingerprint density at radius 2 is 1.76 bits per heavy atom. The molecule has 0 aromatic carbocycles. The third kappa shape index (κ3) is 2.48. The first-order valence-corrected chi connectivity index (χ1v) is 6.52. The third-order valence-electron chi connectivity index (χ3n) is 3.13. The van der Waals surface area contributed by atoms with Crippen molar-refractivity contribution < 1.29 is 0 Å². The van der Waals surface area contributed by atoms with Crippen LogP contribution < -0.4 is 5.56 Å². The van der Waals surface area contributed by atoms with E-state index >= 15 is 0 Å². The largest absolute Gasteiger partial charge is 0.289 e. The molecule has 1 heterocycles. The maximum atomic E-state index is 12.4. The summed E-state index contributed by atoms with van der Waals surface area (Å²) in [5.41, 5.74) is 2.35. The quantitative estimate of drug-likeness (QED) is 0.795. The maximum Gasteiger partial charge on any atom is 0.270 e. The molecule has 0 amide bonds. The molecule has 3 nitrogen and oxygen atoms in total. The maximum absolute atomic E-state index is 12.4. The van der Waals surface area contributed by atoms with Crippen LogP contribution in [0.4, 0.5) is 0 Å². The van der Waals surface area contributed by atoms with E-state index < -0.39 is 0 Å². The number of aromatic nitrogens is 2. The van der Waals surface area contributed by atoms with E-state index in [1.54, 1.807) is 0 Å². The summed E-state index contributed by atoms with van der Waals surface area (Å²) in [4.78, 5) is 12.4. The minimum Gasteiger partial charge on any atom is -0.289 e. The standard InChI is InChI=1S/C14H26N2O/c1-8-9-16-13(17)11(10(2)3)12(15(16)7)14(4,5)6/h10H,8-9H2,1-7H3. The molecule has 3 heteroatoms. The molecule has 1 rings (SSSR count). The molecule has 0 radical (unpaired) electrons. The van der Waals surface area contributed by atoms with Crippen LogP contribution in [0.1, 0.15) is 65.1 Å². The molecular weight excluding hydrogens is 212 g/mol. The second kappa shape index (κ2) is 4.71. The fraction of sp³-hybridized carbons (Fsp3) is 0.786. The Kier molecular flexibility index (Phi) is 3.90. The molecule has 0 fully saturated rings. The van der Waals surface area contributed by atoms with Crippen molar-refractivity contribution in [1.82, 2.24) is 9.36 Å². The van der Waals surface area contributed by atoms with Gasteiger partial charge in [0, 0.05) is 30.3 Å². The number of nitrogens with zero attached hydrogens (tertiary/aromatic N) is 2. The summed E-state index contributed by atoms with van der Waals surface area (Å²) >= 11 is 0. The minimum absolute atomic E-state index is 0.00645. The number of rotatable bonds is 3. The molecule has 1 aromatic rings. The average molecular weight is 238 g/mol. The topological polar surface area (TPSA) is 26.9 Å². The van der Waals surface area contributed by atoms with Crippen LogP contribution in [-0.2, 0) is 19.0 Å². The van der Waals surface area contributed by atoms with Gasteiger partial charge in [-0.15, -0.1) is 0 Å². The fourth-order valence-corrected chi connectivity index (χ4v) is 2.54. The van der Waals surface area contributed by atoms with E-state index in [1.807, 2.05) is 11.7 Å². The Bertz CT molecular complexity index is 444. The van der Waals surface area contributed by atoms with Crippen molar-refractivity contribution in [3.05, 3.63) is 21.6 Å². The van der Waals surface area contributed by atoms with E-state index in [2.05, 4.69) is 46.2 Å². The van der Waals surface area contributed by atoms with E-state index in [0.29, 0.717) is 0 Å². The van der Waals surface area contributed by atoms with Crippen LogP contribution >= 0.6 is 0 Å². The van der Waals surface area contributed by atoms with Crippen LogP contribution in [0.15, 0.2) is 4.79 Å². The van der Waals surface area contributed by atoms with Gasteiger partial charge < -0.3 is 0 Å². The van der Waals surface area contributed by atoms with E-state index in [0.717, 1.165) is 18.5 Å². The molecule has 1 aromatic heterocycles. The van der Waals surface area contributed by atoms with Crippen molar-refractivity contribution in [1.29, 1.82) is 0 Å². The Balaban J connectivity index is 3.58. The minimum atomic E-state index is 0.00645. The van der Waals surface area contributed by atoms with Gasteiger partial charge in [-0.1, -0.05) is 41.5 Å². The monoisotopic (exact) mass is 238 g/mol. The number of hydrogen-bond donors (Lipinski definition) is 0. The van der Waals surface area contributed by atoms with E-state index in [4.69, 9.17) is 0 Å². The molecule has 98 valence electrons. The molecule has 0 N–H and O–H groups in total. The van der Waals surface area contributed by atoms with Crippen molar-refractivity contribution in [3.8, 4) is 0 Å². The Hall–Kier alpha value is -0.990. The summed E-state index contributed by atoms with van der Waals surface area (Å²) in [5, 5.41) is 0. The first-order chi connectivity index (χ1) is 7.71. The molecule has 0 atom stereocenters. The molecule has 0 saturated carbocycles. The van der Waals surface area contributed by atoms with Crippen molar-refractivity contribution in [2.75, 3.05) is 0 Å². The van der Waals surface area contributed by atoms with Crippen LogP contribution in [0, 0.1) is 0 Å². The highest BCUT2D eigenvalue weighted by molar-refractivity contribution is 5.28. The van der Waals surface area contributed by atoms with Gasteiger partial charge in [0.2, 0.25) is 0 Å². The zero-order valence-corrected chi connectivity index (χ0v) is 12.3. The lowest BCUT2D eigenvalue weighted by Crippen LogP contribution is -2.23. The van der Waals surface area contributed by atoms with Gasteiger partial charge in [-0.2, -0.15) is 0 Å². The van der Waals surface area contributed by atoms with Crippen LogP contribution in [0.3, 0.4) is 0 Å². The lowest BCUT2D eigenvalue weighted by molar-refractivity contribution is 0.437. The molecule has 0 bridgehead atoms. The smallest absolute Gasteiger partial charge is 0.270 e. The van der Waals surface area contributed by atoms with E-state index in [1.165, 1.54) is 5.69 Å². The normalized spacial score (nSPS) is 12.5. The van der Waals surface area contributed by atoms with Gasteiger partial charge in [0.05, 0.1) is 0 Å². The van der Waals surface area contributed by atoms with Gasteiger partial charge in [-0.25, -0.2) is 0 Å². The number of hydrogen-bond acceptors (Lipinski definition) is 1. The van der Waals surface area contributed by atoms with Crippen LogP contribution in [0.2, 0.25) is 0 Å². The zero-order valence-electron chi connectivity index (χ0n) is 12.3. The molecule has 0 spiro atoms. The highest BCUT2D eigenvalue weighted by atomic mass is 16.1. The molecule has 0 aliphatic rings. The first kappa shape index (κ1) is 14.1. The third-order valence-corrected chi connectivity index (χ3v) is 3.13. The average Bonchev–Trinajstić information content (AvgIpc) is 2.41. The summed E-state index contributed by atoms with van der Waals surface area (Å²) in [6.07, 6.45) is 0.985. The molecular formula is C14H26N2O. The van der Waals surface area contributed by atoms with Gasteiger partial charge in [0.15, 0.2) is 0 Å². The van der Waals surface area contributed by atoms with Gasteiger partial charge >= 0.3 is 0 Å². The first-order valence-electron chi connectivity index (χ1n) is 6.52. The van der Waals surface area contributed by atoms with Crippen LogP contribution in [-0.4, -0.2) is 9.36 Å². The molecule has 17 heavy (non-hydrogen) atoms. The highest BCUT2D eigenvalue weighted by Gasteiger charge is 2.28. The van der Waals surface area contributed by atoms with Gasteiger partial charge in [-0.3, -0.25) is 14.2 Å². The summed E-state index contributed by atoms with van der Waals surface area (Å²) in [7, 11) is 2.00. The Morgan fingerprint density at radius 3 is 2.06 bits per heavy atom. The van der Waals surface area contributed by atoms with Crippen LogP contribution in [0.25, 0.3) is 0 Å². The predicted molar refractivity (Wildman–Crippen MR) is 72.8 cm³/mol. The van der Waals surface area contributed by atoms with Gasteiger partial charge in [0.1, 0.15) is 0 Å². The molecule has 0 saturated heterocycles. The summed E-state index contributed by atoms with van der Waals surface area (Å²) in [6.45, 7) is 13.6. The summed E-state index contributed by atoms with van der Waals surface area (Å²) in [5.74, 6) is 0.279. The lowest BCUT2D eigenvalue weighted by atomic mass is 9.86. The predicted octanol–water partition coefficient (Wildman–Crippen LogP) is 3.02. The molecule has 0 unspecified atom stereocenters.